The Hall–Kier alpha value is -0.570. The zero-order chi connectivity index (χ0) is 12.0. The van der Waals surface area contributed by atoms with Crippen molar-refractivity contribution in [3.05, 3.63) is 0 Å². The van der Waals surface area contributed by atoms with Gasteiger partial charge in [-0.05, 0) is 19.3 Å². The van der Waals surface area contributed by atoms with Crippen molar-refractivity contribution in [3.63, 3.8) is 0 Å². The zero-order valence-corrected chi connectivity index (χ0v) is 10.7. The molecule has 1 aliphatic rings. The van der Waals surface area contributed by atoms with Gasteiger partial charge in [0.2, 0.25) is 6.29 Å². The number of hydrogen-bond donors (Lipinski definition) is 0. The van der Waals surface area contributed by atoms with Crippen LogP contribution in [0.25, 0.3) is 0 Å². The predicted octanol–water partition coefficient (Wildman–Crippen LogP) is 3.27. The van der Waals surface area contributed by atoms with Gasteiger partial charge in [0.25, 0.3) is 0 Å². The molecule has 0 aromatic rings. The third-order valence-corrected chi connectivity index (χ3v) is 3.15. The van der Waals surface area contributed by atoms with Gasteiger partial charge in [-0.25, -0.2) is 0 Å². The molecule has 1 aliphatic heterocycles. The van der Waals surface area contributed by atoms with Gasteiger partial charge in [0.05, 0.1) is 6.10 Å². The lowest BCUT2D eigenvalue weighted by Crippen LogP contribution is -2.36. The SMILES string of the molecule is CCCCCC1CCC(C)C(OC(C)=O)O1. The molecule has 1 fully saturated rings. The van der Waals surface area contributed by atoms with Crippen LogP contribution in [0.4, 0.5) is 0 Å². The molecule has 3 nitrogen and oxygen atoms in total. The van der Waals surface area contributed by atoms with Gasteiger partial charge in [0, 0.05) is 12.8 Å². The van der Waals surface area contributed by atoms with Crippen LogP contribution in [0.5, 0.6) is 0 Å². The van der Waals surface area contributed by atoms with Crippen LogP contribution in [0.3, 0.4) is 0 Å². The molecule has 3 heteroatoms. The molecule has 0 bridgehead atoms. The van der Waals surface area contributed by atoms with E-state index in [0.717, 1.165) is 19.3 Å². The molecule has 1 saturated heterocycles. The van der Waals surface area contributed by atoms with Crippen molar-refractivity contribution in [2.24, 2.45) is 5.92 Å². The second kappa shape index (κ2) is 6.89. The van der Waals surface area contributed by atoms with Gasteiger partial charge < -0.3 is 9.47 Å². The van der Waals surface area contributed by atoms with E-state index < -0.39 is 0 Å². The van der Waals surface area contributed by atoms with E-state index >= 15 is 0 Å². The van der Waals surface area contributed by atoms with E-state index in [1.807, 2.05) is 0 Å². The quantitative estimate of drug-likeness (QED) is 0.535. The van der Waals surface area contributed by atoms with Crippen LogP contribution in [-0.2, 0) is 14.3 Å². The normalized spacial score (nSPS) is 30.1. The Labute approximate surface area is 98.5 Å². The minimum absolute atomic E-state index is 0.244. The van der Waals surface area contributed by atoms with Crippen LogP contribution in [0.2, 0.25) is 0 Å². The highest BCUT2D eigenvalue weighted by molar-refractivity contribution is 5.66. The lowest BCUT2D eigenvalue weighted by atomic mass is 9.96. The maximum absolute atomic E-state index is 10.9. The third kappa shape index (κ3) is 4.52. The molecule has 1 heterocycles. The predicted molar refractivity (Wildman–Crippen MR) is 63.0 cm³/mol. The molecule has 0 aromatic heterocycles. The van der Waals surface area contributed by atoms with E-state index in [1.54, 1.807) is 0 Å². The van der Waals surface area contributed by atoms with E-state index in [2.05, 4.69) is 13.8 Å². The third-order valence-electron chi connectivity index (χ3n) is 3.15. The molecule has 0 radical (unpaired) electrons. The number of ether oxygens (including phenoxy) is 2. The lowest BCUT2D eigenvalue weighted by Gasteiger charge is -2.34. The Morgan fingerprint density at radius 3 is 2.75 bits per heavy atom. The van der Waals surface area contributed by atoms with E-state index in [9.17, 15) is 4.79 Å². The lowest BCUT2D eigenvalue weighted by molar-refractivity contribution is -0.218. The minimum atomic E-state index is -0.321. The van der Waals surface area contributed by atoms with E-state index in [1.165, 1.54) is 26.2 Å². The fraction of sp³-hybridized carbons (Fsp3) is 0.923. The number of carbonyl (C=O) groups is 1. The summed E-state index contributed by atoms with van der Waals surface area (Å²) in [7, 11) is 0. The summed E-state index contributed by atoms with van der Waals surface area (Å²) in [5, 5.41) is 0. The van der Waals surface area contributed by atoms with Gasteiger partial charge in [-0.2, -0.15) is 0 Å². The Morgan fingerprint density at radius 1 is 1.38 bits per heavy atom. The van der Waals surface area contributed by atoms with Gasteiger partial charge in [-0.3, -0.25) is 4.79 Å². The zero-order valence-electron chi connectivity index (χ0n) is 10.7. The first kappa shape index (κ1) is 13.5. The molecule has 3 unspecified atom stereocenters. The molecule has 0 N–H and O–H groups in total. The second-order valence-corrected chi connectivity index (χ2v) is 4.79. The molecule has 0 aromatic carbocycles. The Balaban J connectivity index is 2.31. The van der Waals surface area contributed by atoms with Crippen molar-refractivity contribution in [2.45, 2.75) is 71.7 Å². The average Bonchev–Trinajstić information content (AvgIpc) is 2.22. The molecule has 16 heavy (non-hydrogen) atoms. The minimum Gasteiger partial charge on any atom is -0.436 e. The molecular weight excluding hydrogens is 204 g/mol. The van der Waals surface area contributed by atoms with E-state index in [4.69, 9.17) is 9.47 Å². The topological polar surface area (TPSA) is 35.5 Å². The first-order valence-corrected chi connectivity index (χ1v) is 6.46. The maximum atomic E-state index is 10.9. The number of carbonyl (C=O) groups excluding carboxylic acids is 1. The highest BCUT2D eigenvalue weighted by Gasteiger charge is 2.30. The molecule has 0 saturated carbocycles. The molecule has 0 aliphatic carbocycles. The van der Waals surface area contributed by atoms with E-state index in [0.29, 0.717) is 5.92 Å². The van der Waals surface area contributed by atoms with Crippen LogP contribution < -0.4 is 0 Å². The van der Waals surface area contributed by atoms with Crippen LogP contribution in [0.1, 0.15) is 59.3 Å². The molecular formula is C13H24O3. The second-order valence-electron chi connectivity index (χ2n) is 4.79. The highest BCUT2D eigenvalue weighted by atomic mass is 16.7. The highest BCUT2D eigenvalue weighted by Crippen LogP contribution is 2.28. The molecule has 3 atom stereocenters. The van der Waals surface area contributed by atoms with Gasteiger partial charge in [-0.1, -0.05) is 33.1 Å². The number of hydrogen-bond acceptors (Lipinski definition) is 3. The van der Waals surface area contributed by atoms with Crippen molar-refractivity contribution in [1.82, 2.24) is 0 Å². The monoisotopic (exact) mass is 228 g/mol. The summed E-state index contributed by atoms with van der Waals surface area (Å²) < 4.78 is 11.0. The molecule has 94 valence electrons. The maximum Gasteiger partial charge on any atom is 0.304 e. The Bertz CT molecular complexity index is 215. The summed E-state index contributed by atoms with van der Waals surface area (Å²) >= 11 is 0. The number of rotatable bonds is 5. The molecule has 1 rings (SSSR count). The van der Waals surface area contributed by atoms with Gasteiger partial charge in [-0.15, -0.1) is 0 Å². The summed E-state index contributed by atoms with van der Waals surface area (Å²) in [5.74, 6) is 0.0809. The van der Waals surface area contributed by atoms with E-state index in [-0.39, 0.29) is 18.4 Å². The van der Waals surface area contributed by atoms with Crippen LogP contribution in [-0.4, -0.2) is 18.4 Å². The first-order valence-electron chi connectivity index (χ1n) is 6.46. The van der Waals surface area contributed by atoms with Crippen LogP contribution >= 0.6 is 0 Å². The number of esters is 1. The summed E-state index contributed by atoms with van der Waals surface area (Å²) in [4.78, 5) is 10.9. The smallest absolute Gasteiger partial charge is 0.304 e. The van der Waals surface area contributed by atoms with Crippen LogP contribution in [0, 0.1) is 5.92 Å². The van der Waals surface area contributed by atoms with Crippen LogP contribution in [0.15, 0.2) is 0 Å². The fourth-order valence-electron chi connectivity index (χ4n) is 2.12. The van der Waals surface area contributed by atoms with Crippen molar-refractivity contribution in [1.29, 1.82) is 0 Å². The van der Waals surface area contributed by atoms with Gasteiger partial charge >= 0.3 is 5.97 Å². The molecule has 0 amide bonds. The van der Waals surface area contributed by atoms with Gasteiger partial charge in [0.15, 0.2) is 0 Å². The summed E-state index contributed by atoms with van der Waals surface area (Å²) in [5.41, 5.74) is 0. The van der Waals surface area contributed by atoms with Crippen molar-refractivity contribution < 1.29 is 14.3 Å². The largest absolute Gasteiger partial charge is 0.436 e. The van der Waals surface area contributed by atoms with Crippen molar-refractivity contribution >= 4 is 5.97 Å². The Morgan fingerprint density at radius 2 is 2.12 bits per heavy atom. The summed E-state index contributed by atoms with van der Waals surface area (Å²) in [6.07, 6.45) is 6.95. The molecule has 0 spiro atoms. The van der Waals surface area contributed by atoms with Gasteiger partial charge in [0.1, 0.15) is 0 Å². The standard InChI is InChI=1S/C13H24O3/c1-4-5-6-7-12-9-8-10(2)13(16-12)15-11(3)14/h10,12-13H,4-9H2,1-3H3. The number of unbranched alkanes of at least 4 members (excludes halogenated alkanes) is 2. The Kier molecular flexibility index (Phi) is 5.81. The average molecular weight is 228 g/mol. The summed E-state index contributed by atoms with van der Waals surface area (Å²) in [6, 6.07) is 0. The summed E-state index contributed by atoms with van der Waals surface area (Å²) in [6.45, 7) is 5.72. The first-order chi connectivity index (χ1) is 7.63. The van der Waals surface area contributed by atoms with Crippen molar-refractivity contribution in [3.8, 4) is 0 Å². The fourth-order valence-corrected chi connectivity index (χ4v) is 2.12. The van der Waals surface area contributed by atoms with Crippen molar-refractivity contribution in [2.75, 3.05) is 0 Å².